The minimum atomic E-state index is -0.145. The summed E-state index contributed by atoms with van der Waals surface area (Å²) in [6.45, 7) is 2.04. The Morgan fingerprint density at radius 1 is 1.33 bits per heavy atom. The average molecular weight is 206 g/mol. The van der Waals surface area contributed by atoms with Crippen LogP contribution < -0.4 is 11.3 Å². The van der Waals surface area contributed by atoms with E-state index in [1.54, 1.807) is 12.5 Å². The van der Waals surface area contributed by atoms with Gasteiger partial charge < -0.3 is 8.83 Å². The van der Waals surface area contributed by atoms with E-state index >= 15 is 0 Å². The summed E-state index contributed by atoms with van der Waals surface area (Å²) in [5, 5.41) is 0. The van der Waals surface area contributed by atoms with Crippen LogP contribution in [0.1, 0.15) is 30.0 Å². The van der Waals surface area contributed by atoms with Gasteiger partial charge in [-0.2, -0.15) is 0 Å². The van der Waals surface area contributed by atoms with Gasteiger partial charge in [-0.05, 0) is 18.2 Å². The van der Waals surface area contributed by atoms with Crippen LogP contribution >= 0.6 is 0 Å². The first-order valence-electron chi connectivity index (χ1n) is 4.92. The summed E-state index contributed by atoms with van der Waals surface area (Å²) in [5.41, 5.74) is 3.75. The molecule has 0 aromatic carbocycles. The molecular weight excluding hydrogens is 192 g/mol. The monoisotopic (exact) mass is 206 g/mol. The van der Waals surface area contributed by atoms with Crippen LogP contribution in [0.3, 0.4) is 0 Å². The molecule has 3 N–H and O–H groups in total. The van der Waals surface area contributed by atoms with E-state index in [4.69, 9.17) is 14.7 Å². The normalized spacial score (nSPS) is 12.9. The highest BCUT2D eigenvalue weighted by molar-refractivity contribution is 5.28. The van der Waals surface area contributed by atoms with Gasteiger partial charge in [0.1, 0.15) is 17.6 Å². The third-order valence-corrected chi connectivity index (χ3v) is 2.41. The van der Waals surface area contributed by atoms with Crippen molar-refractivity contribution in [1.82, 2.24) is 5.43 Å². The molecule has 2 aromatic heterocycles. The molecule has 0 amide bonds. The molecule has 1 atom stereocenters. The molecule has 2 rings (SSSR count). The zero-order valence-electron chi connectivity index (χ0n) is 8.57. The van der Waals surface area contributed by atoms with Crippen molar-refractivity contribution < 1.29 is 8.83 Å². The summed E-state index contributed by atoms with van der Waals surface area (Å²) in [5.74, 6) is 7.24. The topological polar surface area (TPSA) is 64.3 Å². The molecule has 1 unspecified atom stereocenters. The second-order valence-corrected chi connectivity index (χ2v) is 3.27. The zero-order valence-corrected chi connectivity index (χ0v) is 8.57. The molecule has 0 bridgehead atoms. The summed E-state index contributed by atoms with van der Waals surface area (Å²) in [6, 6.07) is 5.49. The van der Waals surface area contributed by atoms with Gasteiger partial charge in [-0.25, -0.2) is 5.43 Å². The van der Waals surface area contributed by atoms with Crippen LogP contribution in [0.15, 0.2) is 39.6 Å². The van der Waals surface area contributed by atoms with Crippen molar-refractivity contribution in [3.05, 3.63) is 47.8 Å². The van der Waals surface area contributed by atoms with Gasteiger partial charge in [-0.15, -0.1) is 0 Å². The summed E-state index contributed by atoms with van der Waals surface area (Å²) in [7, 11) is 0. The van der Waals surface area contributed by atoms with Crippen molar-refractivity contribution in [3.63, 3.8) is 0 Å². The average Bonchev–Trinajstić information content (AvgIpc) is 2.89. The fraction of sp³-hybridized carbons (Fsp3) is 0.273. The molecule has 2 aromatic rings. The molecule has 2 heterocycles. The van der Waals surface area contributed by atoms with Gasteiger partial charge in [0.05, 0.1) is 12.5 Å². The van der Waals surface area contributed by atoms with Gasteiger partial charge in [0.2, 0.25) is 0 Å². The van der Waals surface area contributed by atoms with Crippen molar-refractivity contribution in [2.24, 2.45) is 5.84 Å². The maximum absolute atomic E-state index is 5.53. The molecule has 0 spiro atoms. The lowest BCUT2D eigenvalue weighted by Gasteiger charge is -2.12. The van der Waals surface area contributed by atoms with E-state index in [0.717, 1.165) is 23.5 Å². The lowest BCUT2D eigenvalue weighted by molar-refractivity contribution is 0.441. The predicted octanol–water partition coefficient (Wildman–Crippen LogP) is 1.99. The molecule has 4 nitrogen and oxygen atoms in total. The fourth-order valence-corrected chi connectivity index (χ4v) is 1.68. The van der Waals surface area contributed by atoms with Gasteiger partial charge >= 0.3 is 0 Å². The Morgan fingerprint density at radius 3 is 2.80 bits per heavy atom. The van der Waals surface area contributed by atoms with Crippen LogP contribution in [0, 0.1) is 0 Å². The first kappa shape index (κ1) is 10.0. The Kier molecular flexibility index (Phi) is 2.89. The first-order chi connectivity index (χ1) is 7.36. The lowest BCUT2D eigenvalue weighted by Crippen LogP contribution is -2.28. The van der Waals surface area contributed by atoms with Crippen LogP contribution in [-0.4, -0.2) is 0 Å². The van der Waals surface area contributed by atoms with Gasteiger partial charge in [0.25, 0.3) is 0 Å². The van der Waals surface area contributed by atoms with Gasteiger partial charge in [-0.3, -0.25) is 5.84 Å². The summed E-state index contributed by atoms with van der Waals surface area (Å²) >= 11 is 0. The fourth-order valence-electron chi connectivity index (χ4n) is 1.68. The highest BCUT2D eigenvalue weighted by Gasteiger charge is 2.19. The van der Waals surface area contributed by atoms with Gasteiger partial charge in [0, 0.05) is 12.0 Å². The molecule has 0 radical (unpaired) electrons. The highest BCUT2D eigenvalue weighted by Crippen LogP contribution is 2.25. The molecule has 4 heteroatoms. The smallest absolute Gasteiger partial charge is 0.126 e. The van der Waals surface area contributed by atoms with Crippen molar-refractivity contribution in [2.45, 2.75) is 19.4 Å². The largest absolute Gasteiger partial charge is 0.469 e. The number of furan rings is 2. The van der Waals surface area contributed by atoms with Crippen molar-refractivity contribution >= 4 is 0 Å². The van der Waals surface area contributed by atoms with Crippen LogP contribution in [0.5, 0.6) is 0 Å². The number of nitrogens with two attached hydrogens (primary N) is 1. The number of aryl methyl sites for hydroxylation is 1. The standard InChI is InChI=1S/C11H14N2O2/c1-2-9-8(5-7-15-9)11(13-12)10-4-3-6-14-10/h3-7,11,13H,2,12H2,1H3. The zero-order chi connectivity index (χ0) is 10.7. The Labute approximate surface area is 88.0 Å². The minimum Gasteiger partial charge on any atom is -0.469 e. The minimum absolute atomic E-state index is 0.145. The van der Waals surface area contributed by atoms with E-state index < -0.39 is 0 Å². The van der Waals surface area contributed by atoms with Crippen molar-refractivity contribution in [3.8, 4) is 0 Å². The van der Waals surface area contributed by atoms with Gasteiger partial charge in [-0.1, -0.05) is 6.92 Å². The number of rotatable bonds is 4. The second kappa shape index (κ2) is 4.33. The number of nitrogens with one attached hydrogen (secondary N) is 1. The van der Waals surface area contributed by atoms with E-state index in [1.807, 2.05) is 25.1 Å². The molecule has 0 aliphatic carbocycles. The quantitative estimate of drug-likeness (QED) is 0.593. The van der Waals surface area contributed by atoms with Crippen LogP contribution in [0.25, 0.3) is 0 Å². The van der Waals surface area contributed by atoms with E-state index in [1.165, 1.54) is 0 Å². The van der Waals surface area contributed by atoms with E-state index in [2.05, 4.69) is 5.43 Å². The molecule has 0 aliphatic rings. The second-order valence-electron chi connectivity index (χ2n) is 3.27. The predicted molar refractivity (Wildman–Crippen MR) is 56.0 cm³/mol. The van der Waals surface area contributed by atoms with Crippen LogP contribution in [0.2, 0.25) is 0 Å². The number of hydrogen-bond acceptors (Lipinski definition) is 4. The van der Waals surface area contributed by atoms with E-state index in [9.17, 15) is 0 Å². The lowest BCUT2D eigenvalue weighted by atomic mass is 10.0. The number of hydrogen-bond donors (Lipinski definition) is 2. The third kappa shape index (κ3) is 1.82. The first-order valence-corrected chi connectivity index (χ1v) is 4.92. The molecule has 0 saturated carbocycles. The summed E-state index contributed by atoms with van der Waals surface area (Å²) in [6.07, 6.45) is 4.13. The molecular formula is C11H14N2O2. The molecule has 15 heavy (non-hydrogen) atoms. The SMILES string of the molecule is CCc1occc1C(NN)c1ccco1. The Balaban J connectivity index is 2.35. The van der Waals surface area contributed by atoms with Crippen molar-refractivity contribution in [2.75, 3.05) is 0 Å². The molecule has 0 saturated heterocycles. The molecule has 0 fully saturated rings. The third-order valence-electron chi connectivity index (χ3n) is 2.41. The van der Waals surface area contributed by atoms with Gasteiger partial charge in [0.15, 0.2) is 0 Å². The maximum atomic E-state index is 5.53. The van der Waals surface area contributed by atoms with E-state index in [-0.39, 0.29) is 6.04 Å². The number of hydrazine groups is 1. The molecule has 0 aliphatic heterocycles. The van der Waals surface area contributed by atoms with Crippen LogP contribution in [0.4, 0.5) is 0 Å². The summed E-state index contributed by atoms with van der Waals surface area (Å²) < 4.78 is 10.7. The van der Waals surface area contributed by atoms with Crippen molar-refractivity contribution in [1.29, 1.82) is 0 Å². The van der Waals surface area contributed by atoms with Crippen LogP contribution in [-0.2, 0) is 6.42 Å². The molecule has 80 valence electrons. The van der Waals surface area contributed by atoms with E-state index in [0.29, 0.717) is 0 Å². The summed E-state index contributed by atoms with van der Waals surface area (Å²) in [4.78, 5) is 0. The Bertz CT molecular complexity index is 406. The Hall–Kier alpha value is -1.52. The maximum Gasteiger partial charge on any atom is 0.126 e. The highest BCUT2D eigenvalue weighted by atomic mass is 16.3. The Morgan fingerprint density at radius 2 is 2.20 bits per heavy atom.